The average molecular weight is 423 g/mol. The average Bonchev–Trinajstić information content (AvgIpc) is 2.74. The van der Waals surface area contributed by atoms with Crippen LogP contribution in [0.25, 0.3) is 0 Å². The minimum absolute atomic E-state index is 0.214. The van der Waals surface area contributed by atoms with Crippen LogP contribution in [-0.4, -0.2) is 19.8 Å². The molecule has 0 unspecified atom stereocenters. The van der Waals surface area contributed by atoms with E-state index in [4.69, 9.17) is 0 Å². The molecule has 3 aromatic rings. The van der Waals surface area contributed by atoms with E-state index in [1.165, 1.54) is 0 Å². The summed E-state index contributed by atoms with van der Waals surface area (Å²) in [6.07, 6.45) is 0. The van der Waals surface area contributed by atoms with E-state index in [0.717, 1.165) is 23.3 Å². The van der Waals surface area contributed by atoms with E-state index in [0.29, 0.717) is 13.1 Å². The number of hydrogen-bond donors (Lipinski definition) is 1. The highest BCUT2D eigenvalue weighted by Gasteiger charge is 2.39. The van der Waals surface area contributed by atoms with Crippen molar-refractivity contribution in [1.29, 1.82) is 0 Å². The van der Waals surface area contributed by atoms with Gasteiger partial charge in [0.25, 0.3) is 0 Å². The molecule has 0 atom stereocenters. The maximum absolute atomic E-state index is 11.6. The van der Waals surface area contributed by atoms with Crippen molar-refractivity contribution in [2.24, 2.45) is 0 Å². The highest BCUT2D eigenvalue weighted by atomic mass is 16.6. The molecular formula is C20H17N5O6. The van der Waals surface area contributed by atoms with Crippen molar-refractivity contribution < 1.29 is 14.8 Å². The number of anilines is 1. The van der Waals surface area contributed by atoms with E-state index in [9.17, 15) is 30.3 Å². The molecule has 0 heterocycles. The van der Waals surface area contributed by atoms with Crippen LogP contribution in [0, 0.1) is 30.3 Å². The van der Waals surface area contributed by atoms with Crippen LogP contribution < -0.4 is 5.43 Å². The summed E-state index contributed by atoms with van der Waals surface area (Å²) >= 11 is 0. The molecule has 0 aliphatic rings. The fraction of sp³-hybridized carbons (Fsp3) is 0.100. The normalized spacial score (nSPS) is 10.6. The molecule has 0 aliphatic carbocycles. The van der Waals surface area contributed by atoms with E-state index in [1.54, 1.807) is 5.01 Å². The molecule has 0 radical (unpaired) electrons. The molecule has 0 bridgehead atoms. The Morgan fingerprint density at radius 3 is 1.55 bits per heavy atom. The molecule has 11 nitrogen and oxygen atoms in total. The van der Waals surface area contributed by atoms with Gasteiger partial charge in [0.1, 0.15) is 5.69 Å². The quantitative estimate of drug-likeness (QED) is 0.393. The molecule has 3 rings (SSSR count). The molecule has 11 heteroatoms. The van der Waals surface area contributed by atoms with Gasteiger partial charge >= 0.3 is 17.1 Å². The highest BCUT2D eigenvalue weighted by Crippen LogP contribution is 2.42. The Morgan fingerprint density at radius 2 is 1.13 bits per heavy atom. The van der Waals surface area contributed by atoms with Crippen LogP contribution in [0.15, 0.2) is 72.8 Å². The van der Waals surface area contributed by atoms with Crippen LogP contribution in [0.2, 0.25) is 0 Å². The summed E-state index contributed by atoms with van der Waals surface area (Å²) in [7, 11) is 0. The van der Waals surface area contributed by atoms with Crippen LogP contribution >= 0.6 is 0 Å². The van der Waals surface area contributed by atoms with E-state index >= 15 is 0 Å². The second kappa shape index (κ2) is 9.41. The second-order valence-electron chi connectivity index (χ2n) is 6.54. The molecule has 158 valence electrons. The zero-order valence-corrected chi connectivity index (χ0v) is 16.1. The predicted octanol–water partition coefficient (Wildman–Crippen LogP) is 4.44. The van der Waals surface area contributed by atoms with Crippen molar-refractivity contribution in [2.75, 3.05) is 5.43 Å². The Bertz CT molecular complexity index is 1070. The van der Waals surface area contributed by atoms with Crippen LogP contribution in [0.5, 0.6) is 0 Å². The van der Waals surface area contributed by atoms with Crippen molar-refractivity contribution in [3.05, 3.63) is 114 Å². The van der Waals surface area contributed by atoms with E-state index in [2.05, 4.69) is 5.43 Å². The summed E-state index contributed by atoms with van der Waals surface area (Å²) in [4.78, 5) is 31.1. The van der Waals surface area contributed by atoms with Crippen molar-refractivity contribution >= 4 is 22.7 Å². The molecule has 0 saturated carbocycles. The van der Waals surface area contributed by atoms with E-state index in [1.807, 2.05) is 60.7 Å². The van der Waals surface area contributed by atoms with Gasteiger partial charge in [-0.15, -0.1) is 0 Å². The number of nitro groups is 3. The third-order valence-corrected chi connectivity index (χ3v) is 4.40. The summed E-state index contributed by atoms with van der Waals surface area (Å²) in [6.45, 7) is 0.634. The Morgan fingerprint density at radius 1 is 0.645 bits per heavy atom. The largest absolute Gasteiger partial charge is 0.424 e. The number of hydrazine groups is 1. The summed E-state index contributed by atoms with van der Waals surface area (Å²) < 4.78 is 0. The SMILES string of the molecule is O=[N+]([O-])c1ccc(NN(Cc2ccccc2)Cc2ccccc2)c([N+](=O)[O-])c1[N+](=O)[O-]. The minimum Gasteiger partial charge on any atom is -0.312 e. The Hall–Kier alpha value is -4.38. The van der Waals surface area contributed by atoms with Crippen LogP contribution in [0.3, 0.4) is 0 Å². The molecule has 0 aromatic heterocycles. The predicted molar refractivity (Wildman–Crippen MR) is 112 cm³/mol. The van der Waals surface area contributed by atoms with Gasteiger partial charge < -0.3 is 5.43 Å². The van der Waals surface area contributed by atoms with Crippen molar-refractivity contribution in [1.82, 2.24) is 5.01 Å². The topological polar surface area (TPSA) is 145 Å². The van der Waals surface area contributed by atoms with E-state index < -0.39 is 31.8 Å². The van der Waals surface area contributed by atoms with Gasteiger partial charge in [-0.25, -0.2) is 5.01 Å². The molecule has 1 N–H and O–H groups in total. The summed E-state index contributed by atoms with van der Waals surface area (Å²) in [5.74, 6) is 0. The van der Waals surface area contributed by atoms with Gasteiger partial charge in [0.2, 0.25) is 0 Å². The lowest BCUT2D eigenvalue weighted by Crippen LogP contribution is -2.29. The van der Waals surface area contributed by atoms with Crippen molar-refractivity contribution in [3.63, 3.8) is 0 Å². The van der Waals surface area contributed by atoms with Crippen molar-refractivity contribution in [2.45, 2.75) is 13.1 Å². The first-order valence-electron chi connectivity index (χ1n) is 9.06. The monoisotopic (exact) mass is 423 g/mol. The van der Waals surface area contributed by atoms with Crippen LogP contribution in [0.1, 0.15) is 11.1 Å². The van der Waals surface area contributed by atoms with Crippen LogP contribution in [-0.2, 0) is 13.1 Å². The molecule has 0 amide bonds. The third kappa shape index (κ3) is 5.16. The van der Waals surface area contributed by atoms with Gasteiger partial charge in [0.15, 0.2) is 0 Å². The van der Waals surface area contributed by atoms with Gasteiger partial charge in [0, 0.05) is 19.2 Å². The molecular weight excluding hydrogens is 406 g/mol. The number of hydrogen-bond acceptors (Lipinski definition) is 8. The number of rotatable bonds is 9. The summed E-state index contributed by atoms with van der Waals surface area (Å²) in [6, 6.07) is 20.5. The Labute approximate surface area is 176 Å². The number of benzene rings is 3. The minimum atomic E-state index is -1.17. The molecule has 3 aromatic carbocycles. The second-order valence-corrected chi connectivity index (χ2v) is 6.54. The van der Waals surface area contributed by atoms with Gasteiger partial charge in [-0.2, -0.15) is 0 Å². The van der Waals surface area contributed by atoms with E-state index in [-0.39, 0.29) is 5.69 Å². The summed E-state index contributed by atoms with van der Waals surface area (Å²) in [5, 5.41) is 35.9. The molecule has 0 fully saturated rings. The molecule has 0 aliphatic heterocycles. The number of nitrogens with one attached hydrogen (secondary N) is 1. The lowest BCUT2D eigenvalue weighted by Gasteiger charge is -2.24. The smallest absolute Gasteiger partial charge is 0.312 e. The Balaban J connectivity index is 2.03. The van der Waals surface area contributed by atoms with Gasteiger partial charge in [-0.05, 0) is 17.2 Å². The van der Waals surface area contributed by atoms with Gasteiger partial charge in [-0.3, -0.25) is 30.3 Å². The molecule has 31 heavy (non-hydrogen) atoms. The highest BCUT2D eigenvalue weighted by molar-refractivity contribution is 5.78. The summed E-state index contributed by atoms with van der Waals surface area (Å²) in [5.41, 5.74) is 1.35. The maximum Gasteiger partial charge on any atom is 0.424 e. The fourth-order valence-electron chi connectivity index (χ4n) is 3.08. The fourth-order valence-corrected chi connectivity index (χ4v) is 3.08. The van der Waals surface area contributed by atoms with Crippen LogP contribution in [0.4, 0.5) is 22.7 Å². The zero-order chi connectivity index (χ0) is 22.4. The lowest BCUT2D eigenvalue weighted by molar-refractivity contribution is -0.440. The first kappa shape index (κ1) is 21.3. The lowest BCUT2D eigenvalue weighted by atomic mass is 10.2. The number of nitrogens with zero attached hydrogens (tertiary/aromatic N) is 4. The Kier molecular flexibility index (Phi) is 6.48. The molecule has 0 saturated heterocycles. The first-order valence-corrected chi connectivity index (χ1v) is 9.06. The van der Waals surface area contributed by atoms with Gasteiger partial charge in [-0.1, -0.05) is 60.7 Å². The number of nitro benzene ring substituents is 3. The molecule has 0 spiro atoms. The zero-order valence-electron chi connectivity index (χ0n) is 16.1. The van der Waals surface area contributed by atoms with Crippen molar-refractivity contribution in [3.8, 4) is 0 Å². The first-order chi connectivity index (χ1) is 14.9. The maximum atomic E-state index is 11.6. The third-order valence-electron chi connectivity index (χ3n) is 4.40. The standard InChI is InChI=1S/C20H17N5O6/c26-23(27)18-12-11-17(19(24(28)29)20(18)25(30)31)21-22(13-15-7-3-1-4-8-15)14-16-9-5-2-6-10-16/h1-12,21H,13-14H2. The van der Waals surface area contributed by atoms with Gasteiger partial charge in [0.05, 0.1) is 14.8 Å².